The van der Waals surface area contributed by atoms with E-state index < -0.39 is 79.7 Å². The first-order valence-corrected chi connectivity index (χ1v) is 23.8. The third-order valence-electron chi connectivity index (χ3n) is 10.7. The molecule has 0 heterocycles. The summed E-state index contributed by atoms with van der Waals surface area (Å²) >= 11 is 0. The molecule has 21 nitrogen and oxygen atoms in total. The highest BCUT2D eigenvalue weighted by atomic mass is 16.6. The molecule has 0 unspecified atom stereocenters. The molecule has 1 rings (SSSR count). The molecule has 0 saturated carbocycles. The summed E-state index contributed by atoms with van der Waals surface area (Å²) in [6, 6.07) is 5.54. The number of rotatable bonds is 39. The number of ketones is 1. The predicted molar refractivity (Wildman–Crippen MR) is 255 cm³/mol. The highest BCUT2D eigenvalue weighted by Gasteiger charge is 2.21. The van der Waals surface area contributed by atoms with Gasteiger partial charge < -0.3 is 58.0 Å². The average Bonchev–Trinajstić information content (AvgIpc) is 3.32. The summed E-state index contributed by atoms with van der Waals surface area (Å²) in [5.74, 6) is -4.81. The Morgan fingerprint density at radius 2 is 1.12 bits per heavy atom. The van der Waals surface area contributed by atoms with Crippen LogP contribution in [-0.2, 0) is 54.4 Å². The largest absolute Gasteiger partial charge is 0.481 e. The van der Waals surface area contributed by atoms with Crippen molar-refractivity contribution in [1.82, 2.24) is 37.2 Å². The van der Waals surface area contributed by atoms with Crippen molar-refractivity contribution in [3.8, 4) is 0 Å². The summed E-state index contributed by atoms with van der Waals surface area (Å²) in [7, 11) is 0. The number of aryl methyl sites for hydroxylation is 1. The van der Waals surface area contributed by atoms with Gasteiger partial charge in [0.2, 0.25) is 41.4 Å². The molecule has 0 aliphatic rings. The molecular weight excluding hydrogens is 883 g/mol. The zero-order valence-electron chi connectivity index (χ0n) is 40.2. The van der Waals surface area contributed by atoms with Gasteiger partial charge in [-0.25, -0.2) is 0 Å². The summed E-state index contributed by atoms with van der Waals surface area (Å²) in [6.45, 7) is 2.84. The van der Waals surface area contributed by atoms with Gasteiger partial charge in [0.15, 0.2) is 0 Å². The first kappa shape index (κ1) is 60.1. The number of oxime groups is 1. The molecule has 0 saturated heterocycles. The lowest BCUT2D eigenvalue weighted by Crippen LogP contribution is -2.51. The van der Waals surface area contributed by atoms with Crippen LogP contribution in [0.25, 0.3) is 0 Å². The van der Waals surface area contributed by atoms with Crippen LogP contribution in [0.15, 0.2) is 29.4 Å². The number of amides is 7. The SMILES string of the molecule is CCC(=O)[C@@H](N)CCc1ccc(/C(C)=N/OCCNC(=O)CNC(=O)CNC(=O)CNC(=O)CNC(=O)[C@H](CO)NC(=O)CC[C@@H](C)NC(=O)CCCCCCCCCCCCCC(=O)O)cc1. The fraction of sp³-hybridized carbons (Fsp3) is 0.660. The van der Waals surface area contributed by atoms with E-state index in [1.54, 1.807) is 20.8 Å². The number of hydrogen-bond acceptors (Lipinski definition) is 13. The highest BCUT2D eigenvalue weighted by molar-refractivity contribution is 5.98. The van der Waals surface area contributed by atoms with E-state index >= 15 is 0 Å². The lowest BCUT2D eigenvalue weighted by atomic mass is 10.0. The second-order valence-corrected chi connectivity index (χ2v) is 16.7. The van der Waals surface area contributed by atoms with Gasteiger partial charge in [0.1, 0.15) is 18.4 Å². The van der Waals surface area contributed by atoms with Crippen molar-refractivity contribution in [2.75, 3.05) is 45.9 Å². The van der Waals surface area contributed by atoms with Crippen molar-refractivity contribution in [2.45, 2.75) is 154 Å². The Balaban J connectivity index is 2.15. The number of aliphatic hydroxyl groups is 1. The number of benzene rings is 1. The van der Waals surface area contributed by atoms with Crippen molar-refractivity contribution < 1.29 is 58.2 Å². The van der Waals surface area contributed by atoms with Crippen LogP contribution in [0.1, 0.15) is 141 Å². The molecule has 0 spiro atoms. The second-order valence-electron chi connectivity index (χ2n) is 16.7. The van der Waals surface area contributed by atoms with Crippen molar-refractivity contribution in [3.63, 3.8) is 0 Å². The van der Waals surface area contributed by atoms with Gasteiger partial charge in [-0.15, -0.1) is 0 Å². The minimum Gasteiger partial charge on any atom is -0.481 e. The highest BCUT2D eigenvalue weighted by Crippen LogP contribution is 2.13. The van der Waals surface area contributed by atoms with Crippen molar-refractivity contribution in [2.24, 2.45) is 10.9 Å². The van der Waals surface area contributed by atoms with E-state index in [-0.39, 0.29) is 50.3 Å². The van der Waals surface area contributed by atoms with Crippen LogP contribution in [0.2, 0.25) is 0 Å². The molecule has 1 aromatic rings. The van der Waals surface area contributed by atoms with E-state index in [9.17, 15) is 48.3 Å². The zero-order chi connectivity index (χ0) is 50.5. The standard InChI is InChI=1S/C47H77N9O12/c1-4-39(58)37(48)24-21-35-19-22-36(23-20-35)34(3)56-68-27-26-49-42(61)28-50-43(62)29-51-44(63)30-52-45(64)31-53-47(67)38(32-57)55-41(60)25-18-33(2)54-40(59)16-14-12-10-8-6-5-7-9-11-13-15-17-46(65)66/h19-20,22-23,33,37-38,57H,4-18,21,24-32,48H2,1-3H3,(H,49,61)(H,50,62)(H,51,63)(H,52,64)(H,53,67)(H,54,59)(H,55,60)(H,65,66)/b56-34+/t33-,37+,38+/m1/s1. The molecule has 0 bridgehead atoms. The van der Waals surface area contributed by atoms with Gasteiger partial charge in [0.05, 0.1) is 51.1 Å². The molecule has 21 heteroatoms. The molecule has 68 heavy (non-hydrogen) atoms. The monoisotopic (exact) mass is 960 g/mol. The molecule has 3 atom stereocenters. The molecule has 0 aliphatic carbocycles. The number of Topliss-reactive ketones (excluding diaryl/α,β-unsaturated/α-hetero) is 1. The minimum absolute atomic E-state index is 0.0264. The van der Waals surface area contributed by atoms with Crippen LogP contribution in [-0.4, -0.2) is 133 Å². The summed E-state index contributed by atoms with van der Waals surface area (Å²) in [5, 5.41) is 39.4. The number of aliphatic hydroxyl groups excluding tert-OH is 1. The molecular formula is C47H77N9O12. The Kier molecular flexibility index (Phi) is 32.7. The number of carbonyl (C=O) groups excluding carboxylic acids is 8. The number of unbranched alkanes of at least 4 members (excludes halogenated alkanes) is 10. The lowest BCUT2D eigenvalue weighted by Gasteiger charge is -2.17. The smallest absolute Gasteiger partial charge is 0.303 e. The predicted octanol–water partition coefficient (Wildman–Crippen LogP) is 1.17. The van der Waals surface area contributed by atoms with Gasteiger partial charge in [0, 0.05) is 31.7 Å². The molecule has 11 N–H and O–H groups in total. The van der Waals surface area contributed by atoms with Crippen molar-refractivity contribution in [3.05, 3.63) is 35.4 Å². The molecule has 1 aromatic carbocycles. The fourth-order valence-electron chi connectivity index (χ4n) is 6.55. The van der Waals surface area contributed by atoms with Crippen LogP contribution >= 0.6 is 0 Å². The number of aliphatic carboxylic acids is 1. The third kappa shape index (κ3) is 31.1. The average molecular weight is 960 g/mol. The second kappa shape index (κ2) is 37.1. The summed E-state index contributed by atoms with van der Waals surface area (Å²) in [5.41, 5.74) is 8.41. The first-order chi connectivity index (χ1) is 32.5. The van der Waals surface area contributed by atoms with Crippen LogP contribution in [0.5, 0.6) is 0 Å². The van der Waals surface area contributed by atoms with E-state index in [0.717, 1.165) is 81.8 Å². The van der Waals surface area contributed by atoms with Gasteiger partial charge in [0.25, 0.3) is 0 Å². The molecule has 0 aromatic heterocycles. The number of hydrogen-bond donors (Lipinski definition) is 10. The van der Waals surface area contributed by atoms with Crippen LogP contribution in [0.3, 0.4) is 0 Å². The van der Waals surface area contributed by atoms with Gasteiger partial charge in [-0.05, 0) is 57.1 Å². The minimum atomic E-state index is -1.34. The van der Waals surface area contributed by atoms with Gasteiger partial charge in [-0.1, -0.05) is 94.1 Å². The summed E-state index contributed by atoms with van der Waals surface area (Å²) < 4.78 is 0. The van der Waals surface area contributed by atoms with Crippen molar-refractivity contribution >= 4 is 58.8 Å². The lowest BCUT2D eigenvalue weighted by molar-refractivity contribution is -0.137. The van der Waals surface area contributed by atoms with E-state index in [1.807, 2.05) is 24.3 Å². The van der Waals surface area contributed by atoms with Gasteiger partial charge >= 0.3 is 5.97 Å². The maximum absolute atomic E-state index is 12.5. The van der Waals surface area contributed by atoms with E-state index in [0.29, 0.717) is 37.8 Å². The molecule has 0 radical (unpaired) electrons. The normalized spacial score (nSPS) is 12.4. The Morgan fingerprint density at radius 1 is 0.632 bits per heavy atom. The van der Waals surface area contributed by atoms with Crippen LogP contribution < -0.4 is 43.0 Å². The van der Waals surface area contributed by atoms with Gasteiger partial charge in [-0.2, -0.15) is 0 Å². The number of nitrogens with two attached hydrogens (primary N) is 1. The Hall–Kier alpha value is -5.96. The first-order valence-electron chi connectivity index (χ1n) is 23.8. The number of carbonyl (C=O) groups is 9. The molecule has 0 aliphatic heterocycles. The van der Waals surface area contributed by atoms with E-state index in [2.05, 4.69) is 42.4 Å². The molecule has 7 amide bonds. The maximum Gasteiger partial charge on any atom is 0.303 e. The molecule has 382 valence electrons. The van der Waals surface area contributed by atoms with E-state index in [4.69, 9.17) is 15.7 Å². The third-order valence-corrected chi connectivity index (χ3v) is 10.7. The Morgan fingerprint density at radius 3 is 1.63 bits per heavy atom. The van der Waals surface area contributed by atoms with Crippen molar-refractivity contribution in [1.29, 1.82) is 0 Å². The topological polar surface area (TPSA) is 326 Å². The number of nitrogens with zero attached hydrogens (tertiary/aromatic N) is 1. The number of nitrogens with one attached hydrogen (secondary N) is 7. The zero-order valence-corrected chi connectivity index (χ0v) is 40.2. The Bertz CT molecular complexity index is 1760. The maximum atomic E-state index is 12.5. The van der Waals surface area contributed by atoms with Crippen LogP contribution in [0, 0.1) is 0 Å². The quantitative estimate of drug-likeness (QED) is 0.0252. The molecule has 0 fully saturated rings. The van der Waals surface area contributed by atoms with E-state index in [1.165, 1.54) is 0 Å². The Labute approximate surface area is 400 Å². The number of carboxylic acids is 1. The van der Waals surface area contributed by atoms with Gasteiger partial charge in [-0.3, -0.25) is 43.2 Å². The summed E-state index contributed by atoms with van der Waals surface area (Å²) in [6.07, 6.45) is 13.8. The summed E-state index contributed by atoms with van der Waals surface area (Å²) in [4.78, 5) is 113. The van der Waals surface area contributed by atoms with Crippen LogP contribution in [0.4, 0.5) is 0 Å². The number of carboxylic acid groups (broad SMARTS) is 1. The fourth-order valence-corrected chi connectivity index (χ4v) is 6.55.